The van der Waals surface area contributed by atoms with Crippen LogP contribution in [0.1, 0.15) is 116 Å². The Balaban J connectivity index is 1.22. The van der Waals surface area contributed by atoms with E-state index in [9.17, 15) is 14.7 Å². The van der Waals surface area contributed by atoms with Gasteiger partial charge in [0, 0.05) is 43.6 Å². The Bertz CT molecular complexity index is 1380. The van der Waals surface area contributed by atoms with Crippen LogP contribution in [0.15, 0.2) is 36.7 Å². The zero-order valence-electron chi connectivity index (χ0n) is 23.6. The molecule has 5 atom stereocenters. The first-order chi connectivity index (χ1) is 19.4. The van der Waals surface area contributed by atoms with Crippen molar-refractivity contribution < 1.29 is 14.7 Å². The summed E-state index contributed by atoms with van der Waals surface area (Å²) in [6.07, 6.45) is 13.9. The van der Waals surface area contributed by atoms with Crippen molar-refractivity contribution in [1.29, 1.82) is 0 Å². The molecule has 0 bridgehead atoms. The smallest absolute Gasteiger partial charge is 0.339 e. The van der Waals surface area contributed by atoms with Crippen LogP contribution in [0.25, 0.3) is 5.69 Å². The van der Waals surface area contributed by atoms with Gasteiger partial charge in [-0.25, -0.2) is 9.48 Å². The molecule has 3 fully saturated rings. The Labute approximate surface area is 235 Å². The molecule has 2 saturated carbocycles. The maximum atomic E-state index is 13.6. The van der Waals surface area contributed by atoms with Gasteiger partial charge in [-0.15, -0.1) is 5.10 Å². The second-order valence-corrected chi connectivity index (χ2v) is 12.1. The summed E-state index contributed by atoms with van der Waals surface area (Å²) in [6, 6.07) is 8.77. The average molecular weight is 545 g/mol. The summed E-state index contributed by atoms with van der Waals surface area (Å²) >= 11 is 0. The van der Waals surface area contributed by atoms with E-state index in [1.165, 1.54) is 24.6 Å². The van der Waals surface area contributed by atoms with E-state index in [4.69, 9.17) is 0 Å². The Morgan fingerprint density at radius 1 is 1.10 bits per heavy atom. The van der Waals surface area contributed by atoms with Gasteiger partial charge in [-0.2, -0.15) is 5.10 Å². The summed E-state index contributed by atoms with van der Waals surface area (Å²) in [4.78, 5) is 28.0. The lowest BCUT2D eigenvalue weighted by Gasteiger charge is -2.34. The van der Waals surface area contributed by atoms with Crippen LogP contribution >= 0.6 is 0 Å². The molecular formula is C31H40N6O3. The summed E-state index contributed by atoms with van der Waals surface area (Å²) in [7, 11) is 1.84. The minimum Gasteiger partial charge on any atom is -0.478 e. The minimum atomic E-state index is -0.963. The van der Waals surface area contributed by atoms with Gasteiger partial charge in [0.25, 0.3) is 0 Å². The van der Waals surface area contributed by atoms with E-state index < -0.39 is 5.97 Å². The van der Waals surface area contributed by atoms with Crippen LogP contribution in [0, 0.1) is 5.92 Å². The lowest BCUT2D eigenvalue weighted by atomic mass is 9.77. The molecule has 9 nitrogen and oxygen atoms in total. The van der Waals surface area contributed by atoms with Crippen molar-refractivity contribution in [3.63, 3.8) is 0 Å². The number of aryl methyl sites for hydroxylation is 1. The molecule has 9 heteroatoms. The van der Waals surface area contributed by atoms with Gasteiger partial charge < -0.3 is 10.0 Å². The first kappa shape index (κ1) is 26.7. The number of hydrogen-bond donors (Lipinski definition) is 1. The van der Waals surface area contributed by atoms with Crippen molar-refractivity contribution in [2.45, 2.75) is 94.9 Å². The molecule has 1 aliphatic heterocycles. The summed E-state index contributed by atoms with van der Waals surface area (Å²) in [6.45, 7) is 3.13. The average Bonchev–Trinajstić information content (AvgIpc) is 3.29. The number of likely N-dealkylation sites (tertiary alicyclic amines) is 1. The third-order valence-corrected chi connectivity index (χ3v) is 9.34. The normalized spacial score (nSPS) is 26.2. The number of carbonyl (C=O) groups excluding carboxylic acids is 1. The van der Waals surface area contributed by atoms with Gasteiger partial charge in [0.1, 0.15) is 5.56 Å². The molecule has 3 aliphatic rings. The fraction of sp³-hybridized carbons (Fsp3) is 0.581. The molecule has 5 unspecified atom stereocenters. The predicted molar refractivity (Wildman–Crippen MR) is 151 cm³/mol. The van der Waals surface area contributed by atoms with Crippen molar-refractivity contribution >= 4 is 11.9 Å². The van der Waals surface area contributed by atoms with Gasteiger partial charge in [-0.3, -0.25) is 9.48 Å². The fourth-order valence-electron chi connectivity index (χ4n) is 7.17. The van der Waals surface area contributed by atoms with Gasteiger partial charge in [0.15, 0.2) is 0 Å². The highest BCUT2D eigenvalue weighted by Gasteiger charge is 2.46. The van der Waals surface area contributed by atoms with Gasteiger partial charge in [-0.05, 0) is 68.6 Å². The Hall–Kier alpha value is -3.49. The van der Waals surface area contributed by atoms with Crippen LogP contribution in [-0.2, 0) is 11.8 Å². The number of nitrogens with zero attached hydrogens (tertiary/aromatic N) is 6. The molecule has 2 aromatic heterocycles. The topological polar surface area (TPSA) is 106 Å². The van der Waals surface area contributed by atoms with Crippen molar-refractivity contribution in [2.75, 3.05) is 6.54 Å². The number of amides is 1. The number of carboxylic acid groups (broad SMARTS) is 1. The number of unbranched alkanes of at least 4 members (excludes halogenated alkanes) is 1. The summed E-state index contributed by atoms with van der Waals surface area (Å²) in [5.41, 5.74) is 3.94. The van der Waals surface area contributed by atoms with Crippen LogP contribution in [0.2, 0.25) is 0 Å². The number of carbonyl (C=O) groups is 2. The highest BCUT2D eigenvalue weighted by Crippen LogP contribution is 2.55. The number of benzene rings is 1. The Kier molecular flexibility index (Phi) is 7.47. The first-order valence-corrected chi connectivity index (χ1v) is 15.0. The van der Waals surface area contributed by atoms with Crippen LogP contribution < -0.4 is 0 Å². The number of hydrogen-bond acceptors (Lipinski definition) is 5. The molecule has 0 spiro atoms. The summed E-state index contributed by atoms with van der Waals surface area (Å²) in [5, 5.41) is 22.8. The third-order valence-electron chi connectivity index (χ3n) is 9.34. The third kappa shape index (κ3) is 5.18. The molecule has 6 rings (SSSR count). The fourth-order valence-corrected chi connectivity index (χ4v) is 7.17. The second-order valence-electron chi connectivity index (χ2n) is 12.1. The maximum absolute atomic E-state index is 13.6. The summed E-state index contributed by atoms with van der Waals surface area (Å²) < 4.78 is 3.49. The number of carboxylic acids is 1. The Morgan fingerprint density at radius 3 is 2.75 bits per heavy atom. The monoisotopic (exact) mass is 544 g/mol. The van der Waals surface area contributed by atoms with E-state index in [0.29, 0.717) is 17.9 Å². The van der Waals surface area contributed by atoms with Crippen molar-refractivity contribution in [1.82, 2.24) is 29.7 Å². The predicted octanol–water partition coefficient (Wildman–Crippen LogP) is 5.43. The van der Waals surface area contributed by atoms with Crippen LogP contribution in [0.5, 0.6) is 0 Å². The van der Waals surface area contributed by atoms with Gasteiger partial charge in [-0.1, -0.05) is 43.5 Å². The molecule has 212 valence electrons. The van der Waals surface area contributed by atoms with Crippen LogP contribution in [0.3, 0.4) is 0 Å². The van der Waals surface area contributed by atoms with Gasteiger partial charge >= 0.3 is 5.97 Å². The SMILES string of the molecule is CCCCC1CCCN1C(=O)C1CCCC(c2cccc(-n3ncc(C(=O)O)c3C3CC3c3cn(C)nn3)c2)C1. The van der Waals surface area contributed by atoms with E-state index in [0.717, 1.165) is 75.0 Å². The van der Waals surface area contributed by atoms with E-state index in [1.807, 2.05) is 30.1 Å². The van der Waals surface area contributed by atoms with Gasteiger partial charge in [0.2, 0.25) is 5.91 Å². The molecule has 40 heavy (non-hydrogen) atoms. The van der Waals surface area contributed by atoms with Crippen molar-refractivity contribution in [3.05, 3.63) is 59.2 Å². The zero-order chi connectivity index (χ0) is 27.8. The molecule has 1 saturated heterocycles. The lowest BCUT2D eigenvalue weighted by molar-refractivity contribution is -0.137. The minimum absolute atomic E-state index is 0.0340. The second kappa shape index (κ2) is 11.2. The molecule has 1 amide bonds. The summed E-state index contributed by atoms with van der Waals surface area (Å²) in [5.74, 6) is -0.0268. The van der Waals surface area contributed by atoms with Gasteiger partial charge in [0.05, 0.1) is 23.3 Å². The number of aromatic nitrogens is 5. The quantitative estimate of drug-likeness (QED) is 0.385. The van der Waals surface area contributed by atoms with E-state index in [1.54, 1.807) is 4.68 Å². The van der Waals surface area contributed by atoms with E-state index in [2.05, 4.69) is 39.4 Å². The molecular weight excluding hydrogens is 504 g/mol. The highest BCUT2D eigenvalue weighted by atomic mass is 16.4. The van der Waals surface area contributed by atoms with E-state index in [-0.39, 0.29) is 23.3 Å². The van der Waals surface area contributed by atoms with Crippen molar-refractivity contribution in [2.24, 2.45) is 13.0 Å². The Morgan fingerprint density at radius 2 is 1.98 bits per heavy atom. The number of aromatic carboxylic acids is 1. The first-order valence-electron chi connectivity index (χ1n) is 15.0. The molecule has 3 heterocycles. The highest BCUT2D eigenvalue weighted by molar-refractivity contribution is 5.89. The maximum Gasteiger partial charge on any atom is 0.339 e. The zero-order valence-corrected chi connectivity index (χ0v) is 23.6. The molecule has 0 radical (unpaired) electrons. The molecule has 1 aromatic carbocycles. The molecule has 2 aliphatic carbocycles. The lowest BCUT2D eigenvalue weighted by Crippen LogP contribution is -2.41. The number of rotatable bonds is 9. The molecule has 3 aromatic rings. The van der Waals surface area contributed by atoms with Crippen LogP contribution in [0.4, 0.5) is 0 Å². The van der Waals surface area contributed by atoms with Crippen molar-refractivity contribution in [3.8, 4) is 5.69 Å². The van der Waals surface area contributed by atoms with Crippen LogP contribution in [-0.4, -0.2) is 59.2 Å². The standard InChI is InChI=1S/C31H40N6O3/c1-3-4-11-23-13-7-14-36(23)30(38)22-10-5-8-20(15-22)21-9-6-12-24(16-21)37-29(27(18-32-37)31(39)40)26-17-25(26)28-19-35(2)34-33-28/h6,9,12,16,18-20,22-23,25-26H,3-5,7-8,10-11,13-15,17H2,1-2H3,(H,39,40). The van der Waals surface area contributed by atoms with E-state index >= 15 is 0 Å². The molecule has 1 N–H and O–H groups in total. The largest absolute Gasteiger partial charge is 0.478 e.